The van der Waals surface area contributed by atoms with Crippen molar-refractivity contribution in [2.75, 3.05) is 5.32 Å². The molecule has 10 heteroatoms. The van der Waals surface area contributed by atoms with Gasteiger partial charge in [0.1, 0.15) is 11.5 Å². The lowest BCUT2D eigenvalue weighted by molar-refractivity contribution is -0.384. The molecule has 0 aliphatic rings. The van der Waals surface area contributed by atoms with Crippen molar-refractivity contribution < 1.29 is 34.3 Å². The van der Waals surface area contributed by atoms with Crippen LogP contribution in [0.1, 0.15) is 31.1 Å². The topological polar surface area (TPSA) is 156 Å². The SMILES string of the molecule is O=C(Nc1cccc(Oc2ccc(C(=O)O)c(C(=O)O)c2)c1)c1cccc([N+](=O)[O-])c1. The molecule has 10 nitrogen and oxygen atoms in total. The van der Waals surface area contributed by atoms with E-state index in [9.17, 15) is 29.6 Å². The van der Waals surface area contributed by atoms with Gasteiger partial charge in [0.25, 0.3) is 11.6 Å². The van der Waals surface area contributed by atoms with Crippen LogP contribution in [0.5, 0.6) is 11.5 Å². The molecule has 0 fully saturated rings. The second-order valence-corrected chi connectivity index (χ2v) is 6.21. The summed E-state index contributed by atoms with van der Waals surface area (Å²) < 4.78 is 5.59. The summed E-state index contributed by atoms with van der Waals surface area (Å²) in [6, 6.07) is 14.9. The van der Waals surface area contributed by atoms with Crippen LogP contribution in [0.4, 0.5) is 11.4 Å². The van der Waals surface area contributed by atoms with E-state index in [-0.39, 0.29) is 28.3 Å². The van der Waals surface area contributed by atoms with Crippen molar-refractivity contribution in [2.45, 2.75) is 0 Å². The molecule has 0 radical (unpaired) electrons. The molecule has 0 bridgehead atoms. The average molecular weight is 422 g/mol. The molecule has 3 aromatic carbocycles. The summed E-state index contributed by atoms with van der Waals surface area (Å²) in [5.74, 6) is -3.03. The molecular formula is C21H14N2O8. The molecule has 0 heterocycles. The van der Waals surface area contributed by atoms with Gasteiger partial charge in [-0.2, -0.15) is 0 Å². The van der Waals surface area contributed by atoms with Crippen molar-refractivity contribution in [1.82, 2.24) is 0 Å². The van der Waals surface area contributed by atoms with Crippen LogP contribution < -0.4 is 10.1 Å². The predicted molar refractivity (Wildman–Crippen MR) is 108 cm³/mol. The van der Waals surface area contributed by atoms with Gasteiger partial charge >= 0.3 is 11.9 Å². The molecule has 0 saturated heterocycles. The predicted octanol–water partition coefficient (Wildman–Crippen LogP) is 4.04. The summed E-state index contributed by atoms with van der Waals surface area (Å²) in [6.07, 6.45) is 0. The molecule has 0 aliphatic heterocycles. The van der Waals surface area contributed by atoms with Crippen molar-refractivity contribution >= 4 is 29.2 Å². The number of carbonyl (C=O) groups is 3. The van der Waals surface area contributed by atoms with Gasteiger partial charge in [0, 0.05) is 29.4 Å². The van der Waals surface area contributed by atoms with E-state index in [4.69, 9.17) is 9.84 Å². The Morgan fingerprint density at radius 3 is 2.19 bits per heavy atom. The number of carboxylic acids is 2. The number of nitro groups is 1. The highest BCUT2D eigenvalue weighted by Gasteiger charge is 2.17. The molecule has 1 amide bonds. The number of benzene rings is 3. The third-order valence-electron chi connectivity index (χ3n) is 4.10. The third kappa shape index (κ3) is 5.01. The number of nitrogens with zero attached hydrogens (tertiary/aromatic N) is 1. The minimum Gasteiger partial charge on any atom is -0.478 e. The number of carbonyl (C=O) groups excluding carboxylic acids is 1. The van der Waals surface area contributed by atoms with Crippen molar-refractivity contribution in [3.05, 3.63) is 93.5 Å². The Balaban J connectivity index is 1.79. The molecule has 0 saturated carbocycles. The molecule has 3 N–H and O–H groups in total. The number of hydrogen-bond acceptors (Lipinski definition) is 6. The van der Waals surface area contributed by atoms with Gasteiger partial charge in [0.05, 0.1) is 16.1 Å². The number of aromatic carboxylic acids is 2. The molecule has 0 aliphatic carbocycles. The molecule has 3 rings (SSSR count). The maximum absolute atomic E-state index is 12.4. The maximum atomic E-state index is 12.4. The Bertz CT molecular complexity index is 1210. The number of rotatable bonds is 7. The second-order valence-electron chi connectivity index (χ2n) is 6.21. The van der Waals surface area contributed by atoms with Gasteiger partial charge in [0.2, 0.25) is 0 Å². The minimum atomic E-state index is -1.42. The summed E-state index contributed by atoms with van der Waals surface area (Å²) in [6.45, 7) is 0. The number of hydrogen-bond donors (Lipinski definition) is 3. The number of nitrogens with one attached hydrogen (secondary N) is 1. The number of non-ortho nitro benzene ring substituents is 1. The van der Waals surface area contributed by atoms with E-state index in [1.807, 2.05) is 0 Å². The first-order valence-corrected chi connectivity index (χ1v) is 8.69. The minimum absolute atomic E-state index is 0.0876. The molecule has 156 valence electrons. The molecule has 0 spiro atoms. The quantitative estimate of drug-likeness (QED) is 0.380. The highest BCUT2D eigenvalue weighted by Crippen LogP contribution is 2.27. The second kappa shape index (κ2) is 8.74. The summed E-state index contributed by atoms with van der Waals surface area (Å²) in [5.41, 5.74) is -0.604. The van der Waals surface area contributed by atoms with Crippen molar-refractivity contribution in [3.63, 3.8) is 0 Å². The molecule has 0 unspecified atom stereocenters. The Labute approximate surface area is 174 Å². The fraction of sp³-hybridized carbons (Fsp3) is 0. The first-order chi connectivity index (χ1) is 14.7. The third-order valence-corrected chi connectivity index (χ3v) is 4.10. The lowest BCUT2D eigenvalue weighted by Gasteiger charge is -2.10. The molecule has 31 heavy (non-hydrogen) atoms. The summed E-state index contributed by atoms with van der Waals surface area (Å²) >= 11 is 0. The first kappa shape index (κ1) is 21.0. The fourth-order valence-corrected chi connectivity index (χ4v) is 2.69. The van der Waals surface area contributed by atoms with Crippen LogP contribution in [0, 0.1) is 10.1 Å². The smallest absolute Gasteiger partial charge is 0.336 e. The van der Waals surface area contributed by atoms with E-state index in [1.54, 1.807) is 18.2 Å². The molecular weight excluding hydrogens is 408 g/mol. The lowest BCUT2D eigenvalue weighted by atomic mass is 10.1. The van der Waals surface area contributed by atoms with E-state index in [0.29, 0.717) is 5.69 Å². The van der Waals surface area contributed by atoms with Crippen LogP contribution in [0.2, 0.25) is 0 Å². The normalized spacial score (nSPS) is 10.2. The highest BCUT2D eigenvalue weighted by molar-refractivity contribution is 6.04. The van der Waals surface area contributed by atoms with Crippen LogP contribution in [0.25, 0.3) is 0 Å². The molecule has 0 aromatic heterocycles. The zero-order valence-corrected chi connectivity index (χ0v) is 15.6. The van der Waals surface area contributed by atoms with Gasteiger partial charge in [-0.05, 0) is 36.4 Å². The van der Waals surface area contributed by atoms with Gasteiger partial charge in [-0.15, -0.1) is 0 Å². The van der Waals surface area contributed by atoms with Crippen LogP contribution in [-0.4, -0.2) is 33.0 Å². The zero-order valence-electron chi connectivity index (χ0n) is 15.6. The number of nitro benzene ring substituents is 1. The Kier molecular flexibility index (Phi) is 5.92. The van der Waals surface area contributed by atoms with E-state index >= 15 is 0 Å². The van der Waals surface area contributed by atoms with Crippen LogP contribution in [-0.2, 0) is 0 Å². The van der Waals surface area contributed by atoms with E-state index in [0.717, 1.165) is 18.2 Å². The van der Waals surface area contributed by atoms with E-state index < -0.39 is 28.3 Å². The number of ether oxygens (including phenoxy) is 1. The number of carboxylic acid groups (broad SMARTS) is 2. The van der Waals surface area contributed by atoms with Crippen LogP contribution in [0.3, 0.4) is 0 Å². The Hall–Kier alpha value is -4.73. The van der Waals surface area contributed by atoms with Crippen LogP contribution >= 0.6 is 0 Å². The van der Waals surface area contributed by atoms with Crippen molar-refractivity contribution in [1.29, 1.82) is 0 Å². The standard InChI is InChI=1S/C21H14N2O8/c24-19(12-3-1-5-14(9-12)23(29)30)22-13-4-2-6-15(10-13)31-16-7-8-17(20(25)26)18(11-16)21(27)28/h1-11H,(H,22,24)(H,25,26)(H,27,28). The average Bonchev–Trinajstić information content (AvgIpc) is 2.73. The van der Waals surface area contributed by atoms with Gasteiger partial charge in [-0.3, -0.25) is 14.9 Å². The number of amides is 1. The Morgan fingerprint density at radius 1 is 0.839 bits per heavy atom. The largest absolute Gasteiger partial charge is 0.478 e. The lowest BCUT2D eigenvalue weighted by Crippen LogP contribution is -2.12. The summed E-state index contributed by atoms with van der Waals surface area (Å²) in [4.78, 5) is 45.1. The Morgan fingerprint density at radius 2 is 1.52 bits per heavy atom. The monoisotopic (exact) mass is 422 g/mol. The van der Waals surface area contributed by atoms with Gasteiger partial charge in [-0.1, -0.05) is 12.1 Å². The van der Waals surface area contributed by atoms with Gasteiger partial charge in [-0.25, -0.2) is 9.59 Å². The number of anilines is 1. The maximum Gasteiger partial charge on any atom is 0.336 e. The fourth-order valence-electron chi connectivity index (χ4n) is 2.69. The molecule has 0 atom stereocenters. The zero-order chi connectivity index (χ0) is 22.5. The van der Waals surface area contributed by atoms with Gasteiger partial charge in [0.15, 0.2) is 0 Å². The first-order valence-electron chi connectivity index (χ1n) is 8.69. The van der Waals surface area contributed by atoms with Crippen molar-refractivity contribution in [2.24, 2.45) is 0 Å². The van der Waals surface area contributed by atoms with Crippen molar-refractivity contribution in [3.8, 4) is 11.5 Å². The van der Waals surface area contributed by atoms with Crippen LogP contribution in [0.15, 0.2) is 66.7 Å². The van der Waals surface area contributed by atoms with E-state index in [2.05, 4.69) is 5.32 Å². The molecule has 3 aromatic rings. The van der Waals surface area contributed by atoms with E-state index in [1.165, 1.54) is 30.3 Å². The van der Waals surface area contributed by atoms with Gasteiger partial charge < -0.3 is 20.3 Å². The summed E-state index contributed by atoms with van der Waals surface area (Å²) in [5, 5.41) is 31.7. The summed E-state index contributed by atoms with van der Waals surface area (Å²) in [7, 11) is 0. The highest BCUT2D eigenvalue weighted by atomic mass is 16.6.